The molecule has 6 heteroatoms. The van der Waals surface area contributed by atoms with Gasteiger partial charge in [-0.25, -0.2) is 0 Å². The zero-order chi connectivity index (χ0) is 15.5. The summed E-state index contributed by atoms with van der Waals surface area (Å²) < 4.78 is 12.3. The van der Waals surface area contributed by atoms with Crippen molar-refractivity contribution in [3.05, 3.63) is 44.6 Å². The van der Waals surface area contributed by atoms with E-state index < -0.39 is 0 Å². The summed E-state index contributed by atoms with van der Waals surface area (Å²) in [6.45, 7) is 3.25. The van der Waals surface area contributed by atoms with Gasteiger partial charge in [0.1, 0.15) is 0 Å². The van der Waals surface area contributed by atoms with Crippen LogP contribution in [0.2, 0.25) is 0 Å². The molecule has 1 aliphatic heterocycles. The first kappa shape index (κ1) is 15.4. The van der Waals surface area contributed by atoms with Crippen molar-refractivity contribution in [2.45, 2.75) is 19.4 Å². The molecule has 1 aromatic carbocycles. The van der Waals surface area contributed by atoms with Gasteiger partial charge in [0.2, 0.25) is 0 Å². The number of ether oxygens (including phenoxy) is 2. The average Bonchev–Trinajstić information content (AvgIpc) is 2.94. The molecule has 0 spiro atoms. The third-order valence-electron chi connectivity index (χ3n) is 3.43. The number of hydrogen-bond donors (Lipinski definition) is 1. The van der Waals surface area contributed by atoms with Crippen LogP contribution in [0.25, 0.3) is 0 Å². The van der Waals surface area contributed by atoms with Crippen LogP contribution in [0.3, 0.4) is 0 Å². The molecule has 1 amide bonds. The Balaban J connectivity index is 1.81. The Labute approximate surface area is 141 Å². The van der Waals surface area contributed by atoms with Crippen LogP contribution < -0.4 is 14.8 Å². The first-order valence-corrected chi connectivity index (χ1v) is 8.76. The van der Waals surface area contributed by atoms with Gasteiger partial charge in [0, 0.05) is 10.9 Å². The largest absolute Gasteiger partial charge is 0.490 e. The zero-order valence-corrected chi connectivity index (χ0v) is 14.5. The minimum Gasteiger partial charge on any atom is -0.490 e. The number of thiophene rings is 1. The highest BCUT2D eigenvalue weighted by Crippen LogP contribution is 2.37. The summed E-state index contributed by atoms with van der Waals surface area (Å²) in [6.07, 6.45) is 0.867. The summed E-state index contributed by atoms with van der Waals surface area (Å²) in [5.41, 5.74) is 0.967. The lowest BCUT2D eigenvalue weighted by Gasteiger charge is -2.18. The van der Waals surface area contributed by atoms with Crippen LogP contribution >= 0.6 is 27.3 Å². The van der Waals surface area contributed by atoms with Gasteiger partial charge in [0.15, 0.2) is 11.5 Å². The van der Waals surface area contributed by atoms with Crippen LogP contribution in [-0.2, 0) is 0 Å². The summed E-state index contributed by atoms with van der Waals surface area (Å²) in [5.74, 6) is 1.40. The van der Waals surface area contributed by atoms with Gasteiger partial charge in [-0.1, -0.05) is 22.0 Å². The lowest BCUT2D eigenvalue weighted by atomic mass is 10.1. The number of benzene rings is 1. The number of nitrogens with one attached hydrogen (secondary N) is 1. The van der Waals surface area contributed by atoms with Crippen molar-refractivity contribution in [2.75, 3.05) is 13.2 Å². The molecule has 1 N–H and O–H groups in total. The monoisotopic (exact) mass is 381 g/mol. The molecule has 2 heterocycles. The highest BCUT2D eigenvalue weighted by molar-refractivity contribution is 9.10. The van der Waals surface area contributed by atoms with Crippen LogP contribution in [0.1, 0.15) is 34.6 Å². The second-order valence-corrected chi connectivity index (χ2v) is 6.85. The maximum Gasteiger partial charge on any atom is 0.261 e. The fourth-order valence-electron chi connectivity index (χ4n) is 2.28. The van der Waals surface area contributed by atoms with Crippen molar-refractivity contribution in [3.8, 4) is 11.5 Å². The summed E-state index contributed by atoms with van der Waals surface area (Å²) in [6, 6.07) is 7.39. The standard InChI is InChI=1S/C16H16BrNO3S/c1-10(18-16(19)15-4-2-7-22-15)11-8-13-14(9-12(11)17)21-6-3-5-20-13/h2,4,7-10H,3,5-6H2,1H3,(H,18,19). The van der Waals surface area contributed by atoms with E-state index in [0.29, 0.717) is 18.1 Å². The minimum atomic E-state index is -0.138. The lowest BCUT2D eigenvalue weighted by molar-refractivity contribution is 0.0944. The van der Waals surface area contributed by atoms with Gasteiger partial charge < -0.3 is 14.8 Å². The molecule has 0 saturated carbocycles. The van der Waals surface area contributed by atoms with Crippen molar-refractivity contribution >= 4 is 33.2 Å². The Hall–Kier alpha value is -1.53. The number of halogens is 1. The molecule has 2 aromatic rings. The molecule has 1 aliphatic rings. The van der Waals surface area contributed by atoms with Crippen molar-refractivity contribution in [2.24, 2.45) is 0 Å². The lowest BCUT2D eigenvalue weighted by Crippen LogP contribution is -2.26. The number of rotatable bonds is 3. The summed E-state index contributed by atoms with van der Waals surface area (Å²) in [4.78, 5) is 12.9. The summed E-state index contributed by atoms with van der Waals surface area (Å²) >= 11 is 4.99. The Bertz CT molecular complexity index is 672. The van der Waals surface area contributed by atoms with Crippen LogP contribution in [0.15, 0.2) is 34.1 Å². The molecule has 0 radical (unpaired) electrons. The van der Waals surface area contributed by atoms with Gasteiger partial charge in [-0.15, -0.1) is 11.3 Å². The van der Waals surface area contributed by atoms with Crippen molar-refractivity contribution in [1.29, 1.82) is 0 Å². The van der Waals surface area contributed by atoms with E-state index in [1.807, 2.05) is 36.6 Å². The maximum absolute atomic E-state index is 12.2. The number of carbonyl (C=O) groups is 1. The molecule has 0 bridgehead atoms. The van der Waals surface area contributed by atoms with Crippen molar-refractivity contribution in [1.82, 2.24) is 5.32 Å². The van der Waals surface area contributed by atoms with Crippen molar-refractivity contribution in [3.63, 3.8) is 0 Å². The zero-order valence-electron chi connectivity index (χ0n) is 12.1. The second kappa shape index (κ2) is 6.71. The SMILES string of the molecule is CC(NC(=O)c1cccs1)c1cc2c(cc1Br)OCCCO2. The molecule has 0 aliphatic carbocycles. The van der Waals surface area contributed by atoms with Gasteiger partial charge in [-0.2, -0.15) is 0 Å². The molecule has 1 unspecified atom stereocenters. The number of fused-ring (bicyclic) bond motifs is 1. The molecule has 116 valence electrons. The molecule has 1 aromatic heterocycles. The molecule has 4 nitrogen and oxygen atoms in total. The topological polar surface area (TPSA) is 47.6 Å². The fraction of sp³-hybridized carbons (Fsp3) is 0.312. The van der Waals surface area contributed by atoms with Gasteiger partial charge in [-0.3, -0.25) is 4.79 Å². The maximum atomic E-state index is 12.2. The van der Waals surface area contributed by atoms with Crippen LogP contribution in [0.5, 0.6) is 11.5 Å². The van der Waals surface area contributed by atoms with Gasteiger partial charge >= 0.3 is 0 Å². The quantitative estimate of drug-likeness (QED) is 0.867. The van der Waals surface area contributed by atoms with Gasteiger partial charge in [-0.05, 0) is 36.1 Å². The number of hydrogen-bond acceptors (Lipinski definition) is 4. The molecule has 0 saturated heterocycles. The van der Waals surface area contributed by atoms with E-state index in [1.54, 1.807) is 0 Å². The van der Waals surface area contributed by atoms with Gasteiger partial charge in [0.25, 0.3) is 5.91 Å². The van der Waals surface area contributed by atoms with E-state index in [4.69, 9.17) is 9.47 Å². The Kier molecular flexibility index (Phi) is 4.69. The molecule has 0 fully saturated rings. The fourth-order valence-corrected chi connectivity index (χ4v) is 3.58. The molecule has 1 atom stereocenters. The highest BCUT2D eigenvalue weighted by atomic mass is 79.9. The number of amides is 1. The van der Waals surface area contributed by atoms with Crippen molar-refractivity contribution < 1.29 is 14.3 Å². The normalized spacial score (nSPS) is 15.0. The highest BCUT2D eigenvalue weighted by Gasteiger charge is 2.19. The third-order valence-corrected chi connectivity index (χ3v) is 4.98. The Morgan fingerprint density at radius 2 is 2.05 bits per heavy atom. The smallest absolute Gasteiger partial charge is 0.261 e. The van der Waals surface area contributed by atoms with E-state index >= 15 is 0 Å². The first-order valence-electron chi connectivity index (χ1n) is 7.08. The summed E-state index contributed by atoms with van der Waals surface area (Å²) in [7, 11) is 0. The minimum absolute atomic E-state index is 0.0680. The average molecular weight is 382 g/mol. The Morgan fingerprint density at radius 1 is 1.32 bits per heavy atom. The van der Waals surface area contributed by atoms with Crippen LogP contribution in [-0.4, -0.2) is 19.1 Å². The van der Waals surface area contributed by atoms with E-state index in [0.717, 1.165) is 28.0 Å². The van der Waals surface area contributed by atoms with E-state index in [9.17, 15) is 4.79 Å². The molecular formula is C16H16BrNO3S. The predicted molar refractivity (Wildman–Crippen MR) is 89.9 cm³/mol. The van der Waals surface area contributed by atoms with Gasteiger partial charge in [0.05, 0.1) is 24.1 Å². The molecular weight excluding hydrogens is 366 g/mol. The summed E-state index contributed by atoms with van der Waals surface area (Å²) in [5, 5.41) is 4.90. The van der Waals surface area contributed by atoms with E-state index in [-0.39, 0.29) is 11.9 Å². The predicted octanol–water partition coefficient (Wildman–Crippen LogP) is 4.16. The van der Waals surface area contributed by atoms with E-state index in [2.05, 4.69) is 21.2 Å². The van der Waals surface area contributed by atoms with E-state index in [1.165, 1.54) is 11.3 Å². The Morgan fingerprint density at radius 3 is 2.73 bits per heavy atom. The second-order valence-electron chi connectivity index (χ2n) is 5.04. The molecule has 3 rings (SSSR count). The number of carbonyl (C=O) groups excluding carboxylic acids is 1. The first-order chi connectivity index (χ1) is 10.6. The third kappa shape index (κ3) is 3.28. The van der Waals surface area contributed by atoms with Crippen LogP contribution in [0.4, 0.5) is 0 Å². The van der Waals surface area contributed by atoms with Crippen LogP contribution in [0, 0.1) is 0 Å². The molecule has 22 heavy (non-hydrogen) atoms.